The minimum Gasteiger partial charge on any atom is -0.383 e. The summed E-state index contributed by atoms with van der Waals surface area (Å²) in [5, 5.41) is 6.15. The van der Waals surface area contributed by atoms with Crippen molar-refractivity contribution in [1.29, 1.82) is 0 Å². The molecule has 60 valence electrons. The summed E-state index contributed by atoms with van der Waals surface area (Å²) in [6, 6.07) is 0.653. The van der Waals surface area contributed by atoms with Crippen molar-refractivity contribution in [2.24, 2.45) is 0 Å². The minimum absolute atomic E-state index is 0.622. The van der Waals surface area contributed by atoms with E-state index in [0.29, 0.717) is 11.9 Å². The predicted molar refractivity (Wildman–Crippen MR) is 47.8 cm³/mol. The molecule has 1 aliphatic rings. The first-order chi connectivity index (χ1) is 5.34. The van der Waals surface area contributed by atoms with Crippen molar-refractivity contribution in [2.75, 3.05) is 11.1 Å². The third-order valence-corrected chi connectivity index (χ3v) is 2.75. The maximum atomic E-state index is 5.47. The molecule has 1 fully saturated rings. The van der Waals surface area contributed by atoms with Crippen LogP contribution in [-0.2, 0) is 0 Å². The van der Waals surface area contributed by atoms with E-state index in [9.17, 15) is 0 Å². The molecule has 0 aliphatic heterocycles. The van der Waals surface area contributed by atoms with Crippen molar-refractivity contribution in [3.8, 4) is 0 Å². The molecule has 4 heteroatoms. The van der Waals surface area contributed by atoms with Gasteiger partial charge in [-0.2, -0.15) is 0 Å². The second-order valence-electron chi connectivity index (χ2n) is 2.85. The van der Waals surface area contributed by atoms with E-state index in [1.165, 1.54) is 19.3 Å². The number of nitrogens with one attached hydrogen (secondary N) is 1. The number of hydrogen-bond donors (Lipinski definition) is 2. The van der Waals surface area contributed by atoms with Gasteiger partial charge in [-0.1, -0.05) is 0 Å². The summed E-state index contributed by atoms with van der Waals surface area (Å²) in [6.45, 7) is 0. The molecule has 1 aliphatic carbocycles. The number of nitrogen functional groups attached to an aromatic ring is 1. The Morgan fingerprint density at radius 3 is 2.91 bits per heavy atom. The second kappa shape index (κ2) is 2.70. The third kappa shape index (κ3) is 1.45. The van der Waals surface area contributed by atoms with Crippen LogP contribution in [0.3, 0.4) is 0 Å². The van der Waals surface area contributed by atoms with Crippen LogP contribution < -0.4 is 11.1 Å². The number of nitrogens with zero attached hydrogens (tertiary/aromatic N) is 1. The van der Waals surface area contributed by atoms with Crippen LogP contribution in [0.4, 0.5) is 10.9 Å². The Labute approximate surface area is 69.6 Å². The SMILES string of the molecule is Nc1csc(NC2CCC2)n1. The Morgan fingerprint density at radius 2 is 2.45 bits per heavy atom. The van der Waals surface area contributed by atoms with Gasteiger partial charge in [-0.3, -0.25) is 0 Å². The lowest BCUT2D eigenvalue weighted by molar-refractivity contribution is 0.445. The van der Waals surface area contributed by atoms with Crippen molar-refractivity contribution in [3.05, 3.63) is 5.38 Å². The maximum Gasteiger partial charge on any atom is 0.184 e. The first-order valence-electron chi connectivity index (χ1n) is 3.82. The third-order valence-electron chi connectivity index (χ3n) is 1.95. The van der Waals surface area contributed by atoms with Gasteiger partial charge in [0.25, 0.3) is 0 Å². The normalized spacial score (nSPS) is 17.8. The zero-order chi connectivity index (χ0) is 7.68. The Hall–Kier alpha value is -0.770. The molecule has 1 heterocycles. The predicted octanol–water partition coefficient (Wildman–Crippen LogP) is 1.69. The van der Waals surface area contributed by atoms with Crippen LogP contribution in [-0.4, -0.2) is 11.0 Å². The van der Waals surface area contributed by atoms with Gasteiger partial charge in [0.15, 0.2) is 5.13 Å². The summed E-state index contributed by atoms with van der Waals surface area (Å²) in [4.78, 5) is 4.12. The molecule has 1 aromatic heterocycles. The maximum absolute atomic E-state index is 5.47. The highest BCUT2D eigenvalue weighted by Gasteiger charge is 2.17. The summed E-state index contributed by atoms with van der Waals surface area (Å²) in [5.74, 6) is 0.622. The van der Waals surface area contributed by atoms with E-state index in [0.717, 1.165) is 5.13 Å². The van der Waals surface area contributed by atoms with Crippen molar-refractivity contribution < 1.29 is 0 Å². The van der Waals surface area contributed by atoms with E-state index < -0.39 is 0 Å². The van der Waals surface area contributed by atoms with Gasteiger partial charge in [0.05, 0.1) is 0 Å². The van der Waals surface area contributed by atoms with Gasteiger partial charge in [0, 0.05) is 11.4 Å². The molecule has 3 N–H and O–H groups in total. The molecule has 0 radical (unpaired) electrons. The molecule has 0 spiro atoms. The topological polar surface area (TPSA) is 50.9 Å². The first kappa shape index (κ1) is 6.91. The number of rotatable bonds is 2. The van der Waals surface area contributed by atoms with Gasteiger partial charge in [0.2, 0.25) is 0 Å². The average molecular weight is 169 g/mol. The molecule has 0 amide bonds. The van der Waals surface area contributed by atoms with Crippen molar-refractivity contribution in [3.63, 3.8) is 0 Å². The van der Waals surface area contributed by atoms with E-state index in [4.69, 9.17) is 5.73 Å². The van der Waals surface area contributed by atoms with Crippen LogP contribution in [0.15, 0.2) is 5.38 Å². The highest BCUT2D eigenvalue weighted by atomic mass is 32.1. The fraction of sp³-hybridized carbons (Fsp3) is 0.571. The van der Waals surface area contributed by atoms with Crippen LogP contribution in [0.1, 0.15) is 19.3 Å². The van der Waals surface area contributed by atoms with Gasteiger partial charge < -0.3 is 11.1 Å². The summed E-state index contributed by atoms with van der Waals surface area (Å²) in [6.07, 6.45) is 3.90. The molecular weight excluding hydrogens is 158 g/mol. The lowest BCUT2D eigenvalue weighted by Crippen LogP contribution is -2.26. The van der Waals surface area contributed by atoms with Gasteiger partial charge in [-0.05, 0) is 19.3 Å². The Kier molecular flexibility index (Phi) is 1.69. The molecule has 1 saturated carbocycles. The van der Waals surface area contributed by atoms with Crippen LogP contribution in [0.2, 0.25) is 0 Å². The zero-order valence-corrected chi connectivity index (χ0v) is 7.03. The lowest BCUT2D eigenvalue weighted by Gasteiger charge is -2.25. The van der Waals surface area contributed by atoms with Crippen molar-refractivity contribution in [2.45, 2.75) is 25.3 Å². The van der Waals surface area contributed by atoms with Gasteiger partial charge >= 0.3 is 0 Å². The molecule has 3 nitrogen and oxygen atoms in total. The smallest absolute Gasteiger partial charge is 0.184 e. The Bertz CT molecular complexity index is 242. The molecule has 2 rings (SSSR count). The molecular formula is C7H11N3S. The summed E-state index contributed by atoms with van der Waals surface area (Å²) >= 11 is 1.58. The van der Waals surface area contributed by atoms with Crippen molar-refractivity contribution in [1.82, 2.24) is 4.98 Å². The van der Waals surface area contributed by atoms with Gasteiger partial charge in [-0.25, -0.2) is 4.98 Å². The number of hydrogen-bond acceptors (Lipinski definition) is 4. The van der Waals surface area contributed by atoms with Gasteiger partial charge in [-0.15, -0.1) is 11.3 Å². The van der Waals surface area contributed by atoms with E-state index in [-0.39, 0.29) is 0 Å². The monoisotopic (exact) mass is 169 g/mol. The summed E-state index contributed by atoms with van der Waals surface area (Å²) < 4.78 is 0. The van der Waals surface area contributed by atoms with E-state index >= 15 is 0 Å². The van der Waals surface area contributed by atoms with Crippen molar-refractivity contribution >= 4 is 22.3 Å². The largest absolute Gasteiger partial charge is 0.383 e. The first-order valence-corrected chi connectivity index (χ1v) is 4.70. The summed E-state index contributed by atoms with van der Waals surface area (Å²) in [5.41, 5.74) is 5.47. The summed E-state index contributed by atoms with van der Waals surface area (Å²) in [7, 11) is 0. The van der Waals surface area contributed by atoms with Crippen LogP contribution in [0.25, 0.3) is 0 Å². The van der Waals surface area contributed by atoms with Crippen LogP contribution in [0.5, 0.6) is 0 Å². The number of thiazole rings is 1. The molecule has 0 saturated heterocycles. The van der Waals surface area contributed by atoms with E-state index in [1.54, 1.807) is 11.3 Å². The standard InChI is InChI=1S/C7H11N3S/c8-6-4-11-7(10-6)9-5-2-1-3-5/h4-5H,1-3,8H2,(H,9,10). The molecule has 11 heavy (non-hydrogen) atoms. The molecule has 0 aromatic carbocycles. The lowest BCUT2D eigenvalue weighted by atomic mass is 9.93. The fourth-order valence-electron chi connectivity index (χ4n) is 1.08. The highest BCUT2D eigenvalue weighted by molar-refractivity contribution is 7.14. The molecule has 0 unspecified atom stereocenters. The van der Waals surface area contributed by atoms with Gasteiger partial charge in [0.1, 0.15) is 5.82 Å². The highest BCUT2D eigenvalue weighted by Crippen LogP contribution is 2.25. The Morgan fingerprint density at radius 1 is 1.64 bits per heavy atom. The second-order valence-corrected chi connectivity index (χ2v) is 3.71. The Balaban J connectivity index is 1.95. The van der Waals surface area contributed by atoms with Crippen LogP contribution >= 0.6 is 11.3 Å². The van der Waals surface area contributed by atoms with E-state index in [1.807, 2.05) is 5.38 Å². The number of aromatic nitrogens is 1. The molecule has 0 atom stereocenters. The fourth-order valence-corrected chi connectivity index (χ4v) is 1.76. The minimum atomic E-state index is 0.622. The quantitative estimate of drug-likeness (QED) is 0.708. The number of anilines is 2. The molecule has 1 aromatic rings. The molecule has 0 bridgehead atoms. The average Bonchev–Trinajstić information content (AvgIpc) is 2.27. The zero-order valence-electron chi connectivity index (χ0n) is 6.21. The van der Waals surface area contributed by atoms with E-state index in [2.05, 4.69) is 10.3 Å². The number of nitrogens with two attached hydrogens (primary N) is 1. The van der Waals surface area contributed by atoms with Crippen LogP contribution in [0, 0.1) is 0 Å².